The van der Waals surface area contributed by atoms with E-state index in [9.17, 15) is 13.2 Å². The van der Waals surface area contributed by atoms with Crippen molar-refractivity contribution in [2.45, 2.75) is 6.18 Å². The summed E-state index contributed by atoms with van der Waals surface area (Å²) >= 11 is 0. The molecule has 0 spiro atoms. The van der Waals surface area contributed by atoms with Crippen molar-refractivity contribution in [3.8, 4) is 0 Å². The molecule has 0 saturated carbocycles. The summed E-state index contributed by atoms with van der Waals surface area (Å²) in [6, 6.07) is 4.81. The molecule has 0 aliphatic heterocycles. The minimum Gasteiger partial charge on any atom is -0.396 e. The smallest absolute Gasteiger partial charge is 0.396 e. The minimum absolute atomic E-state index is 0.263. The fourth-order valence-corrected chi connectivity index (χ4v) is 0.947. The van der Waals surface area contributed by atoms with Crippen LogP contribution in [0.5, 0.6) is 0 Å². The summed E-state index contributed by atoms with van der Waals surface area (Å²) in [4.78, 5) is 0. The van der Waals surface area contributed by atoms with Gasteiger partial charge in [-0.2, -0.15) is 13.2 Å². The topological polar surface area (TPSA) is 20.2 Å². The molecule has 0 aliphatic carbocycles. The Kier molecular flexibility index (Phi) is 2.93. The molecule has 0 saturated heterocycles. The maximum absolute atomic E-state index is 12.1. The summed E-state index contributed by atoms with van der Waals surface area (Å²) in [6.45, 7) is -0.263. The van der Waals surface area contributed by atoms with Crippen LogP contribution in [-0.4, -0.2) is 11.7 Å². The third-order valence-electron chi connectivity index (χ3n) is 1.54. The van der Waals surface area contributed by atoms with Crippen molar-refractivity contribution in [3.05, 3.63) is 41.8 Å². The molecule has 1 radical (unpaired) electrons. The molecule has 4 heteroatoms. The Hall–Kier alpha value is -1.03. The summed E-state index contributed by atoms with van der Waals surface area (Å²) in [5.74, 6) is 0. The van der Waals surface area contributed by atoms with E-state index in [1.54, 1.807) is 0 Å². The van der Waals surface area contributed by atoms with Gasteiger partial charge in [0, 0.05) is 6.42 Å². The lowest BCUT2D eigenvalue weighted by molar-refractivity contribution is -0.137. The van der Waals surface area contributed by atoms with Gasteiger partial charge in [0.1, 0.15) is 0 Å². The van der Waals surface area contributed by atoms with Gasteiger partial charge in [-0.15, -0.1) is 0 Å². The van der Waals surface area contributed by atoms with E-state index in [0.29, 0.717) is 5.56 Å². The van der Waals surface area contributed by atoms with Crippen LogP contribution in [0.1, 0.15) is 11.1 Å². The van der Waals surface area contributed by atoms with Gasteiger partial charge in [0.25, 0.3) is 0 Å². The molecule has 0 unspecified atom stereocenters. The number of halogens is 3. The van der Waals surface area contributed by atoms with Crippen molar-refractivity contribution >= 4 is 0 Å². The standard InChI is InChI=1S/C9H8F3O/c10-9(11,12)8-3-1-2-7(6-8)4-5-13/h1-4,6,13H,5H2. The number of rotatable bonds is 2. The van der Waals surface area contributed by atoms with Gasteiger partial charge in [-0.05, 0) is 11.6 Å². The summed E-state index contributed by atoms with van der Waals surface area (Å²) in [5, 5.41) is 8.48. The normalized spacial score (nSPS) is 11.7. The second-order valence-corrected chi connectivity index (χ2v) is 2.51. The molecule has 1 rings (SSSR count). The van der Waals surface area contributed by atoms with Gasteiger partial charge in [0.15, 0.2) is 0 Å². The first-order valence-electron chi connectivity index (χ1n) is 3.65. The van der Waals surface area contributed by atoms with Crippen molar-refractivity contribution in [1.29, 1.82) is 0 Å². The molecule has 0 amide bonds. The van der Waals surface area contributed by atoms with Gasteiger partial charge < -0.3 is 5.11 Å². The average molecular weight is 189 g/mol. The zero-order chi connectivity index (χ0) is 9.90. The molecule has 0 aromatic heterocycles. The third kappa shape index (κ3) is 2.73. The quantitative estimate of drug-likeness (QED) is 0.756. The highest BCUT2D eigenvalue weighted by atomic mass is 19.4. The summed E-state index contributed by atoms with van der Waals surface area (Å²) in [6.07, 6.45) is -3.01. The van der Waals surface area contributed by atoms with Crippen LogP contribution >= 0.6 is 0 Å². The molecule has 0 heterocycles. The maximum atomic E-state index is 12.1. The zero-order valence-electron chi connectivity index (χ0n) is 6.67. The SMILES string of the molecule is OC[CH]c1cccc(C(F)(F)F)c1. The Morgan fingerprint density at radius 1 is 1.31 bits per heavy atom. The van der Waals surface area contributed by atoms with Crippen molar-refractivity contribution in [2.24, 2.45) is 0 Å². The molecular weight excluding hydrogens is 181 g/mol. The summed E-state index contributed by atoms with van der Waals surface area (Å²) in [5.41, 5.74) is -0.327. The Bertz CT molecular complexity index is 280. The van der Waals surface area contributed by atoms with E-state index in [0.717, 1.165) is 12.1 Å². The van der Waals surface area contributed by atoms with Gasteiger partial charge in [0.2, 0.25) is 0 Å². The molecule has 0 fully saturated rings. The highest BCUT2D eigenvalue weighted by molar-refractivity contribution is 5.30. The van der Waals surface area contributed by atoms with Crippen molar-refractivity contribution < 1.29 is 18.3 Å². The Morgan fingerprint density at radius 3 is 2.54 bits per heavy atom. The average Bonchev–Trinajstić information content (AvgIpc) is 2.04. The van der Waals surface area contributed by atoms with Crippen LogP contribution < -0.4 is 0 Å². The van der Waals surface area contributed by atoms with Crippen molar-refractivity contribution in [2.75, 3.05) is 6.61 Å². The second-order valence-electron chi connectivity index (χ2n) is 2.51. The van der Waals surface area contributed by atoms with E-state index < -0.39 is 11.7 Å². The van der Waals surface area contributed by atoms with E-state index in [-0.39, 0.29) is 6.61 Å². The lowest BCUT2D eigenvalue weighted by Crippen LogP contribution is -2.05. The Balaban J connectivity index is 2.92. The minimum atomic E-state index is -4.32. The van der Waals surface area contributed by atoms with Crippen LogP contribution in [0.3, 0.4) is 0 Å². The number of aliphatic hydroxyl groups is 1. The number of hydrogen-bond acceptors (Lipinski definition) is 1. The van der Waals surface area contributed by atoms with Gasteiger partial charge in [-0.3, -0.25) is 0 Å². The van der Waals surface area contributed by atoms with E-state index >= 15 is 0 Å². The first kappa shape index (κ1) is 10.1. The van der Waals surface area contributed by atoms with Crippen LogP contribution in [0.2, 0.25) is 0 Å². The predicted molar refractivity (Wildman–Crippen MR) is 41.9 cm³/mol. The van der Waals surface area contributed by atoms with E-state index in [4.69, 9.17) is 5.11 Å². The van der Waals surface area contributed by atoms with Crippen LogP contribution in [0.25, 0.3) is 0 Å². The molecule has 0 bridgehead atoms. The van der Waals surface area contributed by atoms with Gasteiger partial charge in [-0.1, -0.05) is 18.2 Å². The van der Waals surface area contributed by atoms with E-state index in [1.165, 1.54) is 18.6 Å². The molecule has 1 N–H and O–H groups in total. The molecule has 0 aliphatic rings. The van der Waals surface area contributed by atoms with Gasteiger partial charge in [0.05, 0.1) is 12.2 Å². The van der Waals surface area contributed by atoms with E-state index in [2.05, 4.69) is 0 Å². The molecule has 1 aromatic carbocycles. The first-order valence-corrected chi connectivity index (χ1v) is 3.65. The zero-order valence-corrected chi connectivity index (χ0v) is 6.67. The van der Waals surface area contributed by atoms with E-state index in [1.807, 2.05) is 0 Å². The van der Waals surface area contributed by atoms with Crippen molar-refractivity contribution in [3.63, 3.8) is 0 Å². The van der Waals surface area contributed by atoms with Crippen LogP contribution in [0.4, 0.5) is 13.2 Å². The van der Waals surface area contributed by atoms with Gasteiger partial charge >= 0.3 is 6.18 Å². The fourth-order valence-electron chi connectivity index (χ4n) is 0.947. The number of alkyl halides is 3. The Labute approximate surface area is 73.8 Å². The predicted octanol–water partition coefficient (Wildman–Crippen LogP) is 2.25. The first-order chi connectivity index (χ1) is 6.04. The molecular formula is C9H8F3O. The van der Waals surface area contributed by atoms with Crippen molar-refractivity contribution in [1.82, 2.24) is 0 Å². The highest BCUT2D eigenvalue weighted by Crippen LogP contribution is 2.29. The summed E-state index contributed by atoms with van der Waals surface area (Å²) < 4.78 is 36.4. The van der Waals surface area contributed by atoms with Crippen LogP contribution in [0.15, 0.2) is 24.3 Å². The largest absolute Gasteiger partial charge is 0.416 e. The fraction of sp³-hybridized carbons (Fsp3) is 0.222. The second kappa shape index (κ2) is 3.79. The monoisotopic (exact) mass is 189 g/mol. The number of benzene rings is 1. The molecule has 1 nitrogen and oxygen atoms in total. The number of aliphatic hydroxyl groups excluding tert-OH is 1. The molecule has 13 heavy (non-hydrogen) atoms. The van der Waals surface area contributed by atoms with Crippen LogP contribution in [0, 0.1) is 6.42 Å². The third-order valence-corrected chi connectivity index (χ3v) is 1.54. The maximum Gasteiger partial charge on any atom is 0.416 e. The van der Waals surface area contributed by atoms with Gasteiger partial charge in [-0.25, -0.2) is 0 Å². The van der Waals surface area contributed by atoms with Crippen LogP contribution in [-0.2, 0) is 6.18 Å². The molecule has 0 atom stereocenters. The number of hydrogen-bond donors (Lipinski definition) is 1. The molecule has 1 aromatic rings. The lowest BCUT2D eigenvalue weighted by Gasteiger charge is -2.07. The molecule has 71 valence electrons. The summed E-state index contributed by atoms with van der Waals surface area (Å²) in [7, 11) is 0. The lowest BCUT2D eigenvalue weighted by atomic mass is 10.1. The highest BCUT2D eigenvalue weighted by Gasteiger charge is 2.30. The Morgan fingerprint density at radius 2 is 2.00 bits per heavy atom.